The van der Waals surface area contributed by atoms with Crippen molar-refractivity contribution in [1.82, 2.24) is 4.90 Å². The van der Waals surface area contributed by atoms with Crippen LogP contribution < -0.4 is 14.8 Å². The second-order valence-electron chi connectivity index (χ2n) is 8.13. The van der Waals surface area contributed by atoms with Crippen molar-refractivity contribution in [2.45, 2.75) is 25.0 Å². The molecule has 7 nitrogen and oxygen atoms in total. The molecule has 0 aliphatic carbocycles. The number of amidine groups is 1. The maximum Gasteiger partial charge on any atom is 0.238 e. The summed E-state index contributed by atoms with van der Waals surface area (Å²) >= 11 is 1.31. The van der Waals surface area contributed by atoms with E-state index in [1.807, 2.05) is 73.7 Å². The van der Waals surface area contributed by atoms with Gasteiger partial charge >= 0.3 is 0 Å². The fraction of sp³-hybridized carbons (Fsp3) is 0.250. The monoisotopic (exact) mass is 503 g/mol. The van der Waals surface area contributed by atoms with Crippen molar-refractivity contribution in [3.8, 4) is 11.5 Å². The molecule has 1 fully saturated rings. The van der Waals surface area contributed by atoms with E-state index in [2.05, 4.69) is 5.32 Å². The first kappa shape index (κ1) is 25.3. The summed E-state index contributed by atoms with van der Waals surface area (Å²) in [5.41, 5.74) is 2.44. The van der Waals surface area contributed by atoms with Gasteiger partial charge in [-0.2, -0.15) is 0 Å². The number of nitrogens with zero attached hydrogens (tertiary/aromatic N) is 2. The molecule has 1 aliphatic rings. The lowest BCUT2D eigenvalue weighted by Gasteiger charge is -2.32. The molecule has 2 amide bonds. The van der Waals surface area contributed by atoms with Crippen LogP contribution in [0.3, 0.4) is 0 Å². The Balaban J connectivity index is 1.54. The Kier molecular flexibility index (Phi) is 8.62. The standard InChI is InChI=1S/C28H29N3O4S/c1-3-35-24-11-7-10-22(18-24)29-27(33)25-19-26(32)31(17-16-20-8-5-4-6-9-20)28(36-25)30-21-12-14-23(34-2)15-13-21/h4-15,18,25H,3,16-17,19H2,1-2H3,(H,29,33). The van der Waals surface area contributed by atoms with Gasteiger partial charge in [0.1, 0.15) is 16.7 Å². The molecule has 1 N–H and O–H groups in total. The number of thioether (sulfide) groups is 1. The van der Waals surface area contributed by atoms with E-state index in [1.165, 1.54) is 11.8 Å². The van der Waals surface area contributed by atoms with Crippen LogP contribution >= 0.6 is 11.8 Å². The Labute approximate surface area is 215 Å². The zero-order chi connectivity index (χ0) is 25.3. The van der Waals surface area contributed by atoms with E-state index in [0.29, 0.717) is 41.9 Å². The number of carbonyl (C=O) groups excluding carboxylic acids is 2. The molecule has 0 spiro atoms. The summed E-state index contributed by atoms with van der Waals surface area (Å²) in [5, 5.41) is 2.83. The average Bonchev–Trinajstić information content (AvgIpc) is 2.89. The first-order valence-electron chi connectivity index (χ1n) is 11.8. The average molecular weight is 504 g/mol. The van der Waals surface area contributed by atoms with Crippen molar-refractivity contribution in [3.05, 3.63) is 84.4 Å². The molecule has 1 saturated heterocycles. The molecule has 36 heavy (non-hydrogen) atoms. The minimum absolute atomic E-state index is 0.0953. The summed E-state index contributed by atoms with van der Waals surface area (Å²) in [6.45, 7) is 2.92. The van der Waals surface area contributed by atoms with E-state index in [4.69, 9.17) is 14.5 Å². The zero-order valence-electron chi connectivity index (χ0n) is 20.3. The van der Waals surface area contributed by atoms with Gasteiger partial charge in [0.05, 0.1) is 19.4 Å². The maximum absolute atomic E-state index is 13.2. The van der Waals surface area contributed by atoms with Crippen molar-refractivity contribution < 1.29 is 19.1 Å². The Hall–Kier alpha value is -3.78. The molecule has 1 atom stereocenters. The third-order valence-electron chi connectivity index (χ3n) is 5.61. The summed E-state index contributed by atoms with van der Waals surface area (Å²) in [5.74, 6) is 1.03. The Bertz CT molecular complexity index is 1210. The van der Waals surface area contributed by atoms with E-state index in [0.717, 1.165) is 11.3 Å². The molecule has 1 aliphatic heterocycles. The number of nitrogens with one attached hydrogen (secondary N) is 1. The van der Waals surface area contributed by atoms with Gasteiger partial charge in [-0.3, -0.25) is 14.5 Å². The van der Waals surface area contributed by atoms with Crippen molar-refractivity contribution in [3.63, 3.8) is 0 Å². The number of benzene rings is 3. The maximum atomic E-state index is 13.2. The van der Waals surface area contributed by atoms with E-state index in [1.54, 1.807) is 24.1 Å². The van der Waals surface area contributed by atoms with Crippen molar-refractivity contribution in [2.24, 2.45) is 4.99 Å². The molecule has 186 valence electrons. The van der Waals surface area contributed by atoms with Crippen LogP contribution in [0.2, 0.25) is 0 Å². The highest BCUT2D eigenvalue weighted by molar-refractivity contribution is 8.15. The van der Waals surface area contributed by atoms with Crippen LogP contribution in [0.25, 0.3) is 0 Å². The second kappa shape index (κ2) is 12.3. The summed E-state index contributed by atoms with van der Waals surface area (Å²) in [7, 11) is 1.61. The van der Waals surface area contributed by atoms with Crippen LogP contribution in [-0.2, 0) is 16.0 Å². The first-order valence-corrected chi connectivity index (χ1v) is 12.7. The molecule has 1 heterocycles. The number of rotatable bonds is 9. The molecule has 8 heteroatoms. The van der Waals surface area contributed by atoms with Crippen LogP contribution in [0, 0.1) is 0 Å². The zero-order valence-corrected chi connectivity index (χ0v) is 21.2. The molecular formula is C28H29N3O4S. The highest BCUT2D eigenvalue weighted by Crippen LogP contribution is 2.31. The summed E-state index contributed by atoms with van der Waals surface area (Å²) in [6, 6.07) is 24.5. The number of anilines is 1. The van der Waals surface area contributed by atoms with Crippen molar-refractivity contribution in [1.29, 1.82) is 0 Å². The van der Waals surface area contributed by atoms with Crippen LogP contribution in [0.15, 0.2) is 83.9 Å². The number of methoxy groups -OCH3 is 1. The van der Waals surface area contributed by atoms with Crippen molar-refractivity contribution in [2.75, 3.05) is 25.6 Å². The van der Waals surface area contributed by atoms with Gasteiger partial charge in [0.15, 0.2) is 5.17 Å². The molecule has 0 radical (unpaired) electrons. The molecule has 3 aromatic carbocycles. The molecule has 0 saturated carbocycles. The Morgan fingerprint density at radius 2 is 1.83 bits per heavy atom. The van der Waals surface area contributed by atoms with Gasteiger partial charge in [0.25, 0.3) is 0 Å². The molecule has 4 rings (SSSR count). The van der Waals surface area contributed by atoms with E-state index < -0.39 is 5.25 Å². The minimum Gasteiger partial charge on any atom is -0.497 e. The Morgan fingerprint density at radius 3 is 2.56 bits per heavy atom. The predicted octanol–water partition coefficient (Wildman–Crippen LogP) is 5.30. The highest BCUT2D eigenvalue weighted by atomic mass is 32.2. The van der Waals surface area contributed by atoms with Crippen LogP contribution in [0.5, 0.6) is 11.5 Å². The minimum atomic E-state index is -0.599. The fourth-order valence-electron chi connectivity index (χ4n) is 3.77. The lowest BCUT2D eigenvalue weighted by molar-refractivity contribution is -0.129. The largest absolute Gasteiger partial charge is 0.497 e. The van der Waals surface area contributed by atoms with Crippen molar-refractivity contribution >= 4 is 40.1 Å². The SMILES string of the molecule is CCOc1cccc(NC(=O)C2CC(=O)N(CCc3ccccc3)C(=Nc3ccc(OC)cc3)S2)c1. The lowest BCUT2D eigenvalue weighted by atomic mass is 10.1. The summed E-state index contributed by atoms with van der Waals surface area (Å²) < 4.78 is 10.8. The van der Waals surface area contributed by atoms with Gasteiger partial charge < -0.3 is 14.8 Å². The number of ether oxygens (including phenoxy) is 2. The van der Waals surface area contributed by atoms with Gasteiger partial charge in [-0.15, -0.1) is 0 Å². The number of amides is 2. The molecule has 0 aromatic heterocycles. The van der Waals surface area contributed by atoms with E-state index >= 15 is 0 Å². The number of hydrogen-bond acceptors (Lipinski definition) is 6. The lowest BCUT2D eigenvalue weighted by Crippen LogP contribution is -2.46. The number of aliphatic imine (C=N–C) groups is 1. The van der Waals surface area contributed by atoms with Gasteiger partial charge in [-0.25, -0.2) is 4.99 Å². The smallest absolute Gasteiger partial charge is 0.238 e. The third-order valence-corrected chi connectivity index (χ3v) is 6.80. The summed E-state index contributed by atoms with van der Waals surface area (Å²) in [6.07, 6.45) is 0.786. The predicted molar refractivity (Wildman–Crippen MR) is 144 cm³/mol. The number of carbonyl (C=O) groups is 2. The quantitative estimate of drug-likeness (QED) is 0.429. The van der Waals surface area contributed by atoms with Gasteiger partial charge in [0.2, 0.25) is 11.8 Å². The van der Waals surface area contributed by atoms with Gasteiger partial charge in [-0.05, 0) is 55.3 Å². The second-order valence-corrected chi connectivity index (χ2v) is 9.30. The summed E-state index contributed by atoms with van der Waals surface area (Å²) in [4.78, 5) is 32.8. The Morgan fingerprint density at radius 1 is 1.06 bits per heavy atom. The fourth-order valence-corrected chi connectivity index (χ4v) is 4.89. The third kappa shape index (κ3) is 6.66. The van der Waals surface area contributed by atoms with E-state index in [9.17, 15) is 9.59 Å². The first-order chi connectivity index (χ1) is 17.6. The molecule has 0 bridgehead atoms. The molecule has 1 unspecified atom stereocenters. The molecule has 3 aromatic rings. The normalized spacial score (nSPS) is 16.6. The molecular weight excluding hydrogens is 474 g/mol. The van der Waals surface area contributed by atoms with Gasteiger partial charge in [0, 0.05) is 24.7 Å². The van der Waals surface area contributed by atoms with Gasteiger partial charge in [-0.1, -0.05) is 48.2 Å². The number of hydrogen-bond donors (Lipinski definition) is 1. The van der Waals surface area contributed by atoms with Crippen LogP contribution in [-0.4, -0.2) is 47.4 Å². The van der Waals surface area contributed by atoms with E-state index in [-0.39, 0.29) is 18.2 Å². The van der Waals surface area contributed by atoms with Crippen LogP contribution in [0.1, 0.15) is 18.9 Å². The van der Waals surface area contributed by atoms with Crippen LogP contribution in [0.4, 0.5) is 11.4 Å². The topological polar surface area (TPSA) is 80.2 Å². The highest BCUT2D eigenvalue weighted by Gasteiger charge is 2.35.